The number of benzene rings is 1. The van der Waals surface area contributed by atoms with Gasteiger partial charge in [-0.3, -0.25) is 9.59 Å². The molecule has 2 rings (SSSR count). The maximum Gasteiger partial charge on any atom is 0.244 e. The Hall–Kier alpha value is -0.880. The second kappa shape index (κ2) is 6.89. The minimum atomic E-state index is -0.368. The number of carbonyl (C=O) groups is 2. The first-order chi connectivity index (χ1) is 8.20. The Morgan fingerprint density at radius 1 is 1.39 bits per heavy atom. The van der Waals surface area contributed by atoms with E-state index in [0.717, 1.165) is 11.1 Å². The predicted molar refractivity (Wildman–Crippen MR) is 68.7 cm³/mol. The number of hydrogen-bond donors (Lipinski definition) is 3. The molecule has 1 atom stereocenters. The zero-order chi connectivity index (χ0) is 12.3. The zero-order valence-corrected chi connectivity index (χ0v) is 12.4. The van der Waals surface area contributed by atoms with Crippen molar-refractivity contribution in [3.05, 3.63) is 35.4 Å². The van der Waals surface area contributed by atoms with Gasteiger partial charge in [0.15, 0.2) is 0 Å². The molecule has 0 spiro atoms. The van der Waals surface area contributed by atoms with Crippen LogP contribution >= 0.6 is 0 Å². The largest absolute Gasteiger partial charge is 0.352 e. The average molecular weight is 256 g/mol. The monoisotopic (exact) mass is 256 g/mol. The Morgan fingerprint density at radius 2 is 2.06 bits per heavy atom. The number of hydrogen-bond acceptors (Lipinski definition) is 3. The van der Waals surface area contributed by atoms with Crippen molar-refractivity contribution in [1.82, 2.24) is 10.6 Å². The van der Waals surface area contributed by atoms with Crippen LogP contribution in [0.4, 0.5) is 0 Å². The van der Waals surface area contributed by atoms with Crippen LogP contribution in [0.1, 0.15) is 11.1 Å². The summed E-state index contributed by atoms with van der Waals surface area (Å²) in [6, 6.07) is 7.18. The third-order valence-corrected chi connectivity index (χ3v) is 2.82. The molecule has 1 aromatic carbocycles. The van der Waals surface area contributed by atoms with Gasteiger partial charge in [0, 0.05) is 42.6 Å². The van der Waals surface area contributed by atoms with Crippen LogP contribution in [-0.2, 0) is 22.6 Å². The summed E-state index contributed by atoms with van der Waals surface area (Å²) < 4.78 is 0. The molecule has 4 N–H and O–H groups in total. The normalized spacial score (nSPS) is 17.2. The van der Waals surface area contributed by atoms with Gasteiger partial charge in [-0.2, -0.15) is 0 Å². The van der Waals surface area contributed by atoms with Gasteiger partial charge in [-0.1, -0.05) is 24.3 Å². The summed E-state index contributed by atoms with van der Waals surface area (Å²) in [4.78, 5) is 22.7. The van der Waals surface area contributed by atoms with Crippen LogP contribution in [-0.4, -0.2) is 54.0 Å². The Labute approximate surface area is 128 Å². The molecular formula is C12H15N3NaO2. The molecule has 1 unspecified atom stereocenters. The number of rotatable bonds is 4. The van der Waals surface area contributed by atoms with Gasteiger partial charge < -0.3 is 16.4 Å². The van der Waals surface area contributed by atoms with Gasteiger partial charge in [0.25, 0.3) is 0 Å². The van der Waals surface area contributed by atoms with Gasteiger partial charge in [0.1, 0.15) is 6.04 Å². The van der Waals surface area contributed by atoms with E-state index < -0.39 is 0 Å². The molecule has 0 aliphatic carbocycles. The standard InChI is InChI=1S/C12H15N3O2.Na/c13-6-9-4-2-1-3-8(9)5-11(16)15-10-7-14-12(10)17;/h1-4,10H,5-7,13H2,(H,14,17)(H,15,16);. The Kier molecular flexibility index (Phi) is 5.81. The van der Waals surface area contributed by atoms with E-state index in [-0.39, 0.29) is 53.8 Å². The molecule has 1 saturated heterocycles. The van der Waals surface area contributed by atoms with Crippen LogP contribution in [0, 0.1) is 0 Å². The van der Waals surface area contributed by atoms with Crippen LogP contribution in [0.15, 0.2) is 24.3 Å². The van der Waals surface area contributed by atoms with Gasteiger partial charge in [-0.25, -0.2) is 0 Å². The van der Waals surface area contributed by atoms with Gasteiger partial charge in [-0.05, 0) is 11.1 Å². The minimum Gasteiger partial charge on any atom is -0.352 e. The summed E-state index contributed by atoms with van der Waals surface area (Å²) in [5, 5.41) is 5.25. The number of nitrogens with one attached hydrogen (secondary N) is 2. The molecule has 5 nitrogen and oxygen atoms in total. The molecule has 1 fully saturated rings. The van der Waals surface area contributed by atoms with E-state index >= 15 is 0 Å². The Bertz CT molecular complexity index is 451. The van der Waals surface area contributed by atoms with Crippen molar-refractivity contribution < 1.29 is 9.59 Å². The van der Waals surface area contributed by atoms with E-state index in [4.69, 9.17) is 5.73 Å². The molecule has 1 radical (unpaired) electrons. The third-order valence-electron chi connectivity index (χ3n) is 2.82. The molecule has 18 heavy (non-hydrogen) atoms. The SMILES string of the molecule is NCc1ccccc1CC(=O)NC1CNC1=O.[Na]. The summed E-state index contributed by atoms with van der Waals surface area (Å²) in [5.74, 6) is -0.267. The number of β-lactam (4-membered cyclic amide) rings is 1. The molecule has 1 aromatic rings. The van der Waals surface area contributed by atoms with Crippen molar-refractivity contribution in [2.75, 3.05) is 6.54 Å². The fraction of sp³-hybridized carbons (Fsp3) is 0.333. The molecule has 0 saturated carbocycles. The van der Waals surface area contributed by atoms with Crippen molar-refractivity contribution >= 4 is 41.4 Å². The van der Waals surface area contributed by atoms with E-state index in [9.17, 15) is 9.59 Å². The van der Waals surface area contributed by atoms with Crippen molar-refractivity contribution in [2.24, 2.45) is 5.73 Å². The molecule has 1 aliphatic rings. The van der Waals surface area contributed by atoms with Crippen LogP contribution in [0.3, 0.4) is 0 Å². The zero-order valence-electron chi connectivity index (χ0n) is 10.4. The number of nitrogens with two attached hydrogens (primary N) is 1. The first kappa shape index (κ1) is 15.2. The molecule has 1 aliphatic heterocycles. The Morgan fingerprint density at radius 3 is 2.56 bits per heavy atom. The smallest absolute Gasteiger partial charge is 0.244 e. The molecule has 2 amide bonds. The first-order valence-electron chi connectivity index (χ1n) is 5.54. The van der Waals surface area contributed by atoms with Crippen molar-refractivity contribution in [2.45, 2.75) is 19.0 Å². The minimum absolute atomic E-state index is 0. The summed E-state index contributed by atoms with van der Waals surface area (Å²) in [7, 11) is 0. The van der Waals surface area contributed by atoms with Gasteiger partial charge >= 0.3 is 0 Å². The maximum absolute atomic E-state index is 11.7. The van der Waals surface area contributed by atoms with E-state index in [1.165, 1.54) is 0 Å². The van der Waals surface area contributed by atoms with Crippen LogP contribution in [0.25, 0.3) is 0 Å². The van der Waals surface area contributed by atoms with E-state index in [2.05, 4.69) is 10.6 Å². The fourth-order valence-electron chi connectivity index (χ4n) is 1.75. The third kappa shape index (κ3) is 3.55. The maximum atomic E-state index is 11.7. The van der Waals surface area contributed by atoms with Gasteiger partial charge in [-0.15, -0.1) is 0 Å². The molecule has 1 heterocycles. The average Bonchev–Trinajstić information content (AvgIpc) is 2.35. The van der Waals surface area contributed by atoms with E-state index in [1.54, 1.807) is 0 Å². The second-order valence-corrected chi connectivity index (χ2v) is 4.01. The van der Waals surface area contributed by atoms with Gasteiger partial charge in [0.05, 0.1) is 6.42 Å². The van der Waals surface area contributed by atoms with Gasteiger partial charge in [0.2, 0.25) is 11.8 Å². The van der Waals surface area contributed by atoms with Crippen LogP contribution in [0.5, 0.6) is 0 Å². The number of carbonyl (C=O) groups excluding carboxylic acids is 2. The quantitative estimate of drug-likeness (QED) is 0.473. The van der Waals surface area contributed by atoms with Crippen molar-refractivity contribution in [1.29, 1.82) is 0 Å². The molecular weight excluding hydrogens is 241 g/mol. The van der Waals surface area contributed by atoms with E-state index in [0.29, 0.717) is 13.1 Å². The predicted octanol–water partition coefficient (Wildman–Crippen LogP) is -1.08. The summed E-state index contributed by atoms with van der Waals surface area (Å²) >= 11 is 0. The summed E-state index contributed by atoms with van der Waals surface area (Å²) in [5.41, 5.74) is 7.46. The fourth-order valence-corrected chi connectivity index (χ4v) is 1.75. The first-order valence-corrected chi connectivity index (χ1v) is 5.54. The van der Waals surface area contributed by atoms with Crippen molar-refractivity contribution in [3.63, 3.8) is 0 Å². The topological polar surface area (TPSA) is 84.2 Å². The Balaban J connectivity index is 0.00000162. The van der Waals surface area contributed by atoms with Crippen molar-refractivity contribution in [3.8, 4) is 0 Å². The van der Waals surface area contributed by atoms with Crippen LogP contribution < -0.4 is 16.4 Å². The van der Waals surface area contributed by atoms with Crippen LogP contribution in [0.2, 0.25) is 0 Å². The second-order valence-electron chi connectivity index (χ2n) is 4.01. The number of amides is 2. The molecule has 0 bridgehead atoms. The summed E-state index contributed by atoms with van der Waals surface area (Å²) in [6.07, 6.45) is 0.261. The van der Waals surface area contributed by atoms with E-state index in [1.807, 2.05) is 24.3 Å². The molecule has 91 valence electrons. The molecule has 0 aromatic heterocycles. The molecule has 6 heteroatoms. The summed E-state index contributed by atoms with van der Waals surface area (Å²) in [6.45, 7) is 0.927.